The first kappa shape index (κ1) is 15.4. The number of nitrogens with two attached hydrogens (primary N) is 1. The Labute approximate surface area is 131 Å². The Kier molecular flexibility index (Phi) is 5.43. The van der Waals surface area contributed by atoms with Gasteiger partial charge in [0, 0.05) is 34.2 Å². The lowest BCUT2D eigenvalue weighted by Crippen LogP contribution is -2.42. The maximum Gasteiger partial charge on any atom is 0.0703 e. The second-order valence-corrected chi connectivity index (χ2v) is 6.73. The molecule has 1 aliphatic rings. The van der Waals surface area contributed by atoms with E-state index in [1.54, 1.807) is 0 Å². The molecule has 1 saturated heterocycles. The average molecular weight is 392 g/mol. The van der Waals surface area contributed by atoms with Gasteiger partial charge in [-0.1, -0.05) is 6.07 Å². The van der Waals surface area contributed by atoms with Gasteiger partial charge in [-0.25, -0.2) is 0 Å². The van der Waals surface area contributed by atoms with E-state index in [0.29, 0.717) is 12.6 Å². The SMILES string of the molecule is CC1OCCC1N(C)C(CN)c1ccc(Br)c(Br)c1. The average Bonchev–Trinajstić information content (AvgIpc) is 2.80. The van der Waals surface area contributed by atoms with E-state index >= 15 is 0 Å². The number of rotatable bonds is 4. The molecule has 1 fully saturated rings. The summed E-state index contributed by atoms with van der Waals surface area (Å²) in [7, 11) is 2.14. The molecule has 3 nitrogen and oxygen atoms in total. The number of nitrogens with zero attached hydrogens (tertiary/aromatic N) is 1. The number of benzene rings is 1. The highest BCUT2D eigenvalue weighted by atomic mass is 79.9. The molecular formula is C14H20Br2N2O. The Balaban J connectivity index is 2.20. The van der Waals surface area contributed by atoms with E-state index in [-0.39, 0.29) is 12.1 Å². The van der Waals surface area contributed by atoms with Crippen molar-refractivity contribution in [3.63, 3.8) is 0 Å². The van der Waals surface area contributed by atoms with Gasteiger partial charge in [-0.3, -0.25) is 4.90 Å². The molecule has 0 radical (unpaired) electrons. The first-order valence-corrected chi connectivity index (χ1v) is 8.11. The summed E-state index contributed by atoms with van der Waals surface area (Å²) >= 11 is 7.06. The summed E-state index contributed by atoms with van der Waals surface area (Å²) in [5.41, 5.74) is 7.23. The number of ether oxygens (including phenoxy) is 1. The summed E-state index contributed by atoms with van der Waals surface area (Å²) in [4.78, 5) is 2.35. The molecule has 106 valence electrons. The summed E-state index contributed by atoms with van der Waals surface area (Å²) < 4.78 is 7.79. The molecule has 0 saturated carbocycles. The smallest absolute Gasteiger partial charge is 0.0703 e. The van der Waals surface area contributed by atoms with Gasteiger partial charge >= 0.3 is 0 Å². The van der Waals surface area contributed by atoms with Crippen LogP contribution in [0.5, 0.6) is 0 Å². The van der Waals surface area contributed by atoms with Crippen molar-refractivity contribution in [1.29, 1.82) is 0 Å². The Morgan fingerprint density at radius 3 is 2.68 bits per heavy atom. The lowest BCUT2D eigenvalue weighted by atomic mass is 10.0. The van der Waals surface area contributed by atoms with Gasteiger partial charge in [0.25, 0.3) is 0 Å². The van der Waals surface area contributed by atoms with Gasteiger partial charge in [0.15, 0.2) is 0 Å². The Bertz CT molecular complexity index is 441. The summed E-state index contributed by atoms with van der Waals surface area (Å²) in [5, 5.41) is 0. The van der Waals surface area contributed by atoms with Crippen molar-refractivity contribution >= 4 is 31.9 Å². The third-order valence-electron chi connectivity index (χ3n) is 3.90. The minimum Gasteiger partial charge on any atom is -0.377 e. The number of hydrogen-bond donors (Lipinski definition) is 1. The van der Waals surface area contributed by atoms with Crippen molar-refractivity contribution in [2.24, 2.45) is 5.73 Å². The van der Waals surface area contributed by atoms with Crippen LogP contribution in [0, 0.1) is 0 Å². The topological polar surface area (TPSA) is 38.5 Å². The molecular weight excluding hydrogens is 372 g/mol. The second-order valence-electron chi connectivity index (χ2n) is 5.02. The molecule has 0 bridgehead atoms. The number of hydrogen-bond acceptors (Lipinski definition) is 3. The fourth-order valence-electron chi connectivity index (χ4n) is 2.74. The molecule has 2 rings (SSSR count). The Morgan fingerprint density at radius 2 is 2.16 bits per heavy atom. The van der Waals surface area contributed by atoms with Crippen molar-refractivity contribution in [3.8, 4) is 0 Å². The van der Waals surface area contributed by atoms with E-state index in [0.717, 1.165) is 22.0 Å². The fraction of sp³-hybridized carbons (Fsp3) is 0.571. The van der Waals surface area contributed by atoms with E-state index in [1.807, 2.05) is 0 Å². The highest BCUT2D eigenvalue weighted by Gasteiger charge is 2.31. The Hall–Kier alpha value is 0.0600. The summed E-state index contributed by atoms with van der Waals surface area (Å²) in [6, 6.07) is 6.99. The molecule has 1 aliphatic heterocycles. The second kappa shape index (κ2) is 6.68. The highest BCUT2D eigenvalue weighted by Crippen LogP contribution is 2.31. The fourth-order valence-corrected chi connectivity index (χ4v) is 3.39. The van der Waals surface area contributed by atoms with Crippen LogP contribution in [-0.2, 0) is 4.74 Å². The van der Waals surface area contributed by atoms with Gasteiger partial charge < -0.3 is 10.5 Å². The minimum absolute atomic E-state index is 0.221. The maximum absolute atomic E-state index is 6.00. The van der Waals surface area contributed by atoms with E-state index in [2.05, 4.69) is 68.9 Å². The van der Waals surface area contributed by atoms with Crippen molar-refractivity contribution < 1.29 is 4.74 Å². The van der Waals surface area contributed by atoms with Gasteiger partial charge in [0.2, 0.25) is 0 Å². The third kappa shape index (κ3) is 3.39. The van der Waals surface area contributed by atoms with Gasteiger partial charge in [0.1, 0.15) is 0 Å². The molecule has 0 aromatic heterocycles. The minimum atomic E-state index is 0.221. The molecule has 1 aromatic rings. The molecule has 2 N–H and O–H groups in total. The van der Waals surface area contributed by atoms with Crippen LogP contribution in [0.3, 0.4) is 0 Å². The zero-order valence-corrected chi connectivity index (χ0v) is 14.4. The molecule has 5 heteroatoms. The number of likely N-dealkylation sites (N-methyl/N-ethyl adjacent to an activating group) is 1. The van der Waals surface area contributed by atoms with Crippen LogP contribution in [0.15, 0.2) is 27.1 Å². The van der Waals surface area contributed by atoms with Crippen LogP contribution < -0.4 is 5.73 Å². The lowest BCUT2D eigenvalue weighted by molar-refractivity contribution is 0.0686. The van der Waals surface area contributed by atoms with Crippen LogP contribution in [0.1, 0.15) is 24.9 Å². The quantitative estimate of drug-likeness (QED) is 0.855. The van der Waals surface area contributed by atoms with Crippen molar-refractivity contribution in [1.82, 2.24) is 4.90 Å². The maximum atomic E-state index is 6.00. The van der Waals surface area contributed by atoms with Crippen LogP contribution in [-0.4, -0.2) is 37.2 Å². The largest absolute Gasteiger partial charge is 0.377 e. The lowest BCUT2D eigenvalue weighted by Gasteiger charge is -2.34. The van der Waals surface area contributed by atoms with E-state index < -0.39 is 0 Å². The highest BCUT2D eigenvalue weighted by molar-refractivity contribution is 9.13. The van der Waals surface area contributed by atoms with Crippen molar-refractivity contribution in [2.45, 2.75) is 31.5 Å². The van der Waals surface area contributed by atoms with Gasteiger partial charge in [0.05, 0.1) is 6.10 Å². The molecule has 3 unspecified atom stereocenters. The molecule has 1 aromatic carbocycles. The van der Waals surface area contributed by atoms with Gasteiger partial charge in [-0.05, 0) is 69.9 Å². The van der Waals surface area contributed by atoms with Crippen molar-refractivity contribution in [2.75, 3.05) is 20.2 Å². The predicted molar refractivity (Wildman–Crippen MR) is 85.2 cm³/mol. The van der Waals surface area contributed by atoms with Crippen LogP contribution in [0.4, 0.5) is 0 Å². The molecule has 3 atom stereocenters. The summed E-state index contributed by atoms with van der Waals surface area (Å²) in [6.07, 6.45) is 1.35. The van der Waals surface area contributed by atoms with Crippen molar-refractivity contribution in [3.05, 3.63) is 32.7 Å². The monoisotopic (exact) mass is 390 g/mol. The normalized spacial score (nSPS) is 24.9. The summed E-state index contributed by atoms with van der Waals surface area (Å²) in [5.74, 6) is 0. The van der Waals surface area contributed by atoms with Crippen LogP contribution in [0.25, 0.3) is 0 Å². The predicted octanol–water partition coefficient (Wildman–Crippen LogP) is 3.32. The first-order valence-electron chi connectivity index (χ1n) is 6.53. The van der Waals surface area contributed by atoms with Gasteiger partial charge in [-0.2, -0.15) is 0 Å². The van der Waals surface area contributed by atoms with E-state index in [4.69, 9.17) is 10.5 Å². The third-order valence-corrected chi connectivity index (χ3v) is 5.78. The van der Waals surface area contributed by atoms with E-state index in [1.165, 1.54) is 5.56 Å². The zero-order chi connectivity index (χ0) is 14.0. The molecule has 0 aliphatic carbocycles. The molecule has 0 spiro atoms. The molecule has 19 heavy (non-hydrogen) atoms. The number of halogens is 2. The van der Waals surface area contributed by atoms with Crippen LogP contribution >= 0.6 is 31.9 Å². The van der Waals surface area contributed by atoms with Gasteiger partial charge in [-0.15, -0.1) is 0 Å². The standard InChI is InChI=1S/C14H20Br2N2O/c1-9-13(5-6-19-9)18(2)14(8-17)10-3-4-11(15)12(16)7-10/h3-4,7,9,13-14H,5-6,8,17H2,1-2H3. The van der Waals surface area contributed by atoms with E-state index in [9.17, 15) is 0 Å². The van der Waals surface area contributed by atoms with Crippen LogP contribution in [0.2, 0.25) is 0 Å². The Morgan fingerprint density at radius 1 is 1.42 bits per heavy atom. The molecule has 1 heterocycles. The zero-order valence-electron chi connectivity index (χ0n) is 11.3. The summed E-state index contributed by atoms with van der Waals surface area (Å²) in [6.45, 7) is 3.59. The first-order chi connectivity index (χ1) is 9.04. The molecule has 0 amide bonds.